The number of Topliss-reactive ketones (excluding diaryl/α,β-unsaturated/α-hetero) is 1. The van der Waals surface area contributed by atoms with Crippen LogP contribution in [0.25, 0.3) is 21.3 Å². The quantitative estimate of drug-likeness (QED) is 0.800. The molecule has 2 aromatic heterocycles. The molecule has 0 saturated carbocycles. The van der Waals surface area contributed by atoms with Gasteiger partial charge in [0.2, 0.25) is 0 Å². The molecule has 0 spiro atoms. The van der Waals surface area contributed by atoms with E-state index in [-0.39, 0.29) is 24.3 Å². The summed E-state index contributed by atoms with van der Waals surface area (Å²) in [4.78, 5) is 39.2. The van der Waals surface area contributed by atoms with Crippen molar-refractivity contribution in [2.45, 2.75) is 26.8 Å². The number of nitrogens with one attached hydrogen (secondary N) is 1. The Labute approximate surface area is 136 Å². The number of nitrogens with zero attached hydrogens (tertiary/aromatic N) is 1. The SMILES string of the molecule is CC(=O)CCn1c(=O)[nH]c2scc(-c3ccc(C)cc3)c2c1=O. The van der Waals surface area contributed by atoms with E-state index in [2.05, 4.69) is 4.98 Å². The van der Waals surface area contributed by atoms with E-state index in [0.29, 0.717) is 10.2 Å². The summed E-state index contributed by atoms with van der Waals surface area (Å²) in [5.41, 5.74) is 2.07. The molecule has 1 aromatic carbocycles. The number of carbonyl (C=O) groups excluding carboxylic acids is 1. The van der Waals surface area contributed by atoms with Crippen LogP contribution in [0.4, 0.5) is 0 Å². The predicted octanol–water partition coefficient (Wildman–Crippen LogP) is 2.71. The molecule has 3 rings (SSSR count). The Hall–Kier alpha value is -2.47. The van der Waals surface area contributed by atoms with Crippen molar-refractivity contribution in [3.05, 3.63) is 56.0 Å². The molecule has 0 amide bonds. The number of benzene rings is 1. The van der Waals surface area contributed by atoms with Crippen molar-refractivity contribution in [2.24, 2.45) is 0 Å². The van der Waals surface area contributed by atoms with E-state index < -0.39 is 5.69 Å². The maximum absolute atomic E-state index is 12.7. The molecule has 3 aromatic rings. The van der Waals surface area contributed by atoms with Crippen LogP contribution in [0.2, 0.25) is 0 Å². The first kappa shape index (κ1) is 15.4. The Morgan fingerprint density at radius 2 is 1.91 bits per heavy atom. The molecule has 1 N–H and O–H groups in total. The fraction of sp³-hybridized carbons (Fsp3) is 0.235. The van der Waals surface area contributed by atoms with E-state index in [9.17, 15) is 14.4 Å². The van der Waals surface area contributed by atoms with Crippen LogP contribution in [-0.2, 0) is 11.3 Å². The summed E-state index contributed by atoms with van der Waals surface area (Å²) in [6.07, 6.45) is 0.165. The summed E-state index contributed by atoms with van der Waals surface area (Å²) in [7, 11) is 0. The number of aromatic nitrogens is 2. The van der Waals surface area contributed by atoms with Crippen molar-refractivity contribution in [1.29, 1.82) is 0 Å². The first-order chi connectivity index (χ1) is 11.0. The minimum absolute atomic E-state index is 0.0551. The lowest BCUT2D eigenvalue weighted by Gasteiger charge is -2.05. The zero-order valence-corrected chi connectivity index (χ0v) is 13.7. The normalized spacial score (nSPS) is 11.0. The number of hydrogen-bond acceptors (Lipinski definition) is 4. The van der Waals surface area contributed by atoms with Crippen LogP contribution in [0.3, 0.4) is 0 Å². The number of rotatable bonds is 4. The highest BCUT2D eigenvalue weighted by Crippen LogP contribution is 2.30. The Balaban J connectivity index is 2.20. The molecule has 0 aliphatic rings. The Kier molecular flexibility index (Phi) is 4.00. The summed E-state index contributed by atoms with van der Waals surface area (Å²) in [5, 5.41) is 2.38. The van der Waals surface area contributed by atoms with E-state index in [1.807, 2.05) is 36.6 Å². The van der Waals surface area contributed by atoms with E-state index in [0.717, 1.165) is 21.3 Å². The molecule has 6 heteroatoms. The molecule has 0 unspecified atom stereocenters. The molecule has 5 nitrogen and oxygen atoms in total. The van der Waals surface area contributed by atoms with E-state index in [4.69, 9.17) is 0 Å². The van der Waals surface area contributed by atoms with Gasteiger partial charge in [-0.3, -0.25) is 19.1 Å². The lowest BCUT2D eigenvalue weighted by molar-refractivity contribution is -0.117. The van der Waals surface area contributed by atoms with Crippen molar-refractivity contribution in [3.8, 4) is 11.1 Å². The van der Waals surface area contributed by atoms with E-state index in [1.54, 1.807) is 0 Å². The molecule has 23 heavy (non-hydrogen) atoms. The fourth-order valence-corrected chi connectivity index (χ4v) is 3.42. The minimum Gasteiger partial charge on any atom is -0.300 e. The molecule has 0 aliphatic heterocycles. The highest BCUT2D eigenvalue weighted by Gasteiger charge is 2.15. The Morgan fingerprint density at radius 1 is 1.22 bits per heavy atom. The van der Waals surface area contributed by atoms with Gasteiger partial charge >= 0.3 is 5.69 Å². The Bertz CT molecular complexity index is 993. The monoisotopic (exact) mass is 328 g/mol. The fourth-order valence-electron chi connectivity index (χ4n) is 2.47. The molecule has 0 atom stereocenters. The Morgan fingerprint density at radius 3 is 2.57 bits per heavy atom. The topological polar surface area (TPSA) is 71.9 Å². The zero-order valence-electron chi connectivity index (χ0n) is 12.9. The summed E-state index contributed by atoms with van der Waals surface area (Å²) in [5.74, 6) is -0.0551. The van der Waals surface area contributed by atoms with Crippen LogP contribution < -0.4 is 11.2 Å². The van der Waals surface area contributed by atoms with Gasteiger partial charge < -0.3 is 0 Å². The third-order valence-electron chi connectivity index (χ3n) is 3.77. The van der Waals surface area contributed by atoms with Crippen molar-refractivity contribution in [2.75, 3.05) is 0 Å². The average Bonchev–Trinajstić information content (AvgIpc) is 2.91. The highest BCUT2D eigenvalue weighted by atomic mass is 32.1. The lowest BCUT2D eigenvalue weighted by Crippen LogP contribution is -2.35. The molecule has 118 valence electrons. The molecule has 0 fully saturated rings. The maximum Gasteiger partial charge on any atom is 0.329 e. The largest absolute Gasteiger partial charge is 0.329 e. The molecular weight excluding hydrogens is 312 g/mol. The summed E-state index contributed by atoms with van der Waals surface area (Å²) in [6.45, 7) is 3.55. The number of fused-ring (bicyclic) bond motifs is 1. The van der Waals surface area contributed by atoms with Gasteiger partial charge in [-0.25, -0.2) is 4.79 Å². The van der Waals surface area contributed by atoms with Crippen molar-refractivity contribution in [1.82, 2.24) is 9.55 Å². The molecule has 0 radical (unpaired) electrons. The highest BCUT2D eigenvalue weighted by molar-refractivity contribution is 7.17. The molecular formula is C17H16N2O3S. The number of hydrogen-bond donors (Lipinski definition) is 1. The number of aryl methyl sites for hydroxylation is 1. The molecule has 0 aliphatic carbocycles. The molecule has 0 saturated heterocycles. The smallest absolute Gasteiger partial charge is 0.300 e. The van der Waals surface area contributed by atoms with E-state index in [1.165, 1.54) is 18.3 Å². The van der Waals surface area contributed by atoms with Crippen LogP contribution in [0, 0.1) is 6.92 Å². The van der Waals surface area contributed by atoms with Gasteiger partial charge in [0.25, 0.3) is 5.56 Å². The third kappa shape index (κ3) is 2.90. The number of aromatic amines is 1. The van der Waals surface area contributed by atoms with Crippen molar-refractivity contribution >= 4 is 27.3 Å². The van der Waals surface area contributed by atoms with Crippen molar-refractivity contribution < 1.29 is 4.79 Å². The number of ketones is 1. The van der Waals surface area contributed by atoms with Crippen molar-refractivity contribution in [3.63, 3.8) is 0 Å². The van der Waals surface area contributed by atoms with Gasteiger partial charge in [0.15, 0.2) is 0 Å². The average molecular weight is 328 g/mol. The van der Waals surface area contributed by atoms with Gasteiger partial charge in [-0.2, -0.15) is 0 Å². The number of carbonyl (C=O) groups is 1. The van der Waals surface area contributed by atoms with Crippen LogP contribution >= 0.6 is 11.3 Å². The first-order valence-electron chi connectivity index (χ1n) is 7.28. The number of thiophene rings is 1. The van der Waals surface area contributed by atoms with Gasteiger partial charge in [-0.15, -0.1) is 11.3 Å². The lowest BCUT2D eigenvalue weighted by atomic mass is 10.1. The van der Waals surface area contributed by atoms with Gasteiger partial charge in [0, 0.05) is 23.9 Å². The molecule has 0 bridgehead atoms. The maximum atomic E-state index is 12.7. The minimum atomic E-state index is -0.471. The summed E-state index contributed by atoms with van der Waals surface area (Å²) in [6, 6.07) is 7.89. The summed E-state index contributed by atoms with van der Waals surface area (Å²) < 4.78 is 1.11. The third-order valence-corrected chi connectivity index (χ3v) is 4.66. The second kappa shape index (κ2) is 5.96. The second-order valence-corrected chi connectivity index (χ2v) is 6.44. The van der Waals surface area contributed by atoms with Crippen LogP contribution in [0.1, 0.15) is 18.9 Å². The summed E-state index contributed by atoms with van der Waals surface area (Å²) >= 11 is 1.34. The molecule has 2 heterocycles. The van der Waals surface area contributed by atoms with Gasteiger partial charge in [0.05, 0.1) is 5.39 Å². The van der Waals surface area contributed by atoms with Gasteiger partial charge in [-0.05, 0) is 19.4 Å². The first-order valence-corrected chi connectivity index (χ1v) is 8.16. The van der Waals surface area contributed by atoms with Gasteiger partial charge in [-0.1, -0.05) is 29.8 Å². The van der Waals surface area contributed by atoms with E-state index >= 15 is 0 Å². The van der Waals surface area contributed by atoms with Crippen LogP contribution in [0.5, 0.6) is 0 Å². The predicted molar refractivity (Wildman–Crippen MR) is 92.2 cm³/mol. The van der Waals surface area contributed by atoms with Gasteiger partial charge in [0.1, 0.15) is 10.6 Å². The van der Waals surface area contributed by atoms with Crippen LogP contribution in [0.15, 0.2) is 39.2 Å². The van der Waals surface area contributed by atoms with Crippen LogP contribution in [-0.4, -0.2) is 15.3 Å². The standard InChI is InChI=1S/C17H16N2O3S/c1-10-3-5-12(6-4-10)13-9-23-15-14(13)16(21)19(17(22)18-15)8-7-11(2)20/h3-6,9H,7-8H2,1-2H3,(H,18,22). The number of H-pyrrole nitrogens is 1. The second-order valence-electron chi connectivity index (χ2n) is 5.56. The zero-order chi connectivity index (χ0) is 16.6.